The van der Waals surface area contributed by atoms with Gasteiger partial charge in [-0.3, -0.25) is 4.79 Å². The van der Waals surface area contributed by atoms with Gasteiger partial charge in [-0.2, -0.15) is 0 Å². The Kier molecular flexibility index (Phi) is 5.58. The number of benzene rings is 1. The highest BCUT2D eigenvalue weighted by Gasteiger charge is 2.31. The van der Waals surface area contributed by atoms with Crippen LogP contribution in [0, 0.1) is 5.92 Å². The number of rotatable bonds is 4. The Hall–Kier alpha value is -3.10. The van der Waals surface area contributed by atoms with E-state index in [4.69, 9.17) is 5.11 Å². The van der Waals surface area contributed by atoms with E-state index in [-0.39, 0.29) is 23.4 Å². The Balaban J connectivity index is 2.17. The lowest BCUT2D eigenvalue weighted by Crippen LogP contribution is -2.33. The van der Waals surface area contributed by atoms with Crippen molar-refractivity contribution < 1.29 is 33.8 Å². The number of hydrogen-bond donors (Lipinski definition) is 2. The van der Waals surface area contributed by atoms with Crippen LogP contribution in [0.15, 0.2) is 18.2 Å². The average Bonchev–Trinajstić information content (AvgIpc) is 3.11. The predicted molar refractivity (Wildman–Crippen MR) is 85.5 cm³/mol. The first kappa shape index (κ1) is 18.2. The molecule has 9 nitrogen and oxygen atoms in total. The number of carboxylic acid groups (broad SMARTS) is 1. The molecule has 0 saturated carbocycles. The number of aliphatic carboxylic acids is 1. The lowest BCUT2D eigenvalue weighted by Gasteiger charge is -2.17. The van der Waals surface area contributed by atoms with Gasteiger partial charge in [0.2, 0.25) is 0 Å². The first-order valence-electron chi connectivity index (χ1n) is 7.46. The van der Waals surface area contributed by atoms with Gasteiger partial charge in [0, 0.05) is 18.8 Å². The van der Waals surface area contributed by atoms with Crippen molar-refractivity contribution in [3.8, 4) is 0 Å². The number of nitrogens with one attached hydrogen (secondary N) is 1. The first-order chi connectivity index (χ1) is 11.9. The van der Waals surface area contributed by atoms with E-state index in [1.54, 1.807) is 0 Å². The van der Waals surface area contributed by atoms with Gasteiger partial charge in [0.25, 0.3) is 0 Å². The molecule has 1 aromatic carbocycles. The molecule has 2 N–H and O–H groups in total. The molecule has 1 atom stereocenters. The van der Waals surface area contributed by atoms with E-state index in [9.17, 15) is 19.2 Å². The highest BCUT2D eigenvalue weighted by Crippen LogP contribution is 2.21. The Bertz CT molecular complexity index is 716. The SMILES string of the molecule is COC(=O)c1ccc(NC(=O)N2CCC(C(=O)O)C2)cc1C(=O)OC. The van der Waals surface area contributed by atoms with Crippen LogP contribution >= 0.6 is 0 Å². The number of likely N-dealkylation sites (tertiary alicyclic amines) is 1. The highest BCUT2D eigenvalue weighted by molar-refractivity contribution is 6.04. The zero-order valence-corrected chi connectivity index (χ0v) is 13.8. The second-order valence-electron chi connectivity index (χ2n) is 5.44. The van der Waals surface area contributed by atoms with Crippen molar-refractivity contribution in [3.05, 3.63) is 29.3 Å². The topological polar surface area (TPSA) is 122 Å². The monoisotopic (exact) mass is 350 g/mol. The normalized spacial score (nSPS) is 16.2. The van der Waals surface area contributed by atoms with Crippen molar-refractivity contribution in [2.24, 2.45) is 5.92 Å². The molecule has 1 aliphatic heterocycles. The molecule has 0 radical (unpaired) electrons. The van der Waals surface area contributed by atoms with E-state index >= 15 is 0 Å². The van der Waals surface area contributed by atoms with E-state index in [2.05, 4.69) is 14.8 Å². The van der Waals surface area contributed by atoms with Gasteiger partial charge in [0.05, 0.1) is 31.3 Å². The minimum Gasteiger partial charge on any atom is -0.481 e. The molecule has 0 aliphatic carbocycles. The van der Waals surface area contributed by atoms with Gasteiger partial charge in [0.15, 0.2) is 0 Å². The summed E-state index contributed by atoms with van der Waals surface area (Å²) < 4.78 is 9.25. The Morgan fingerprint density at radius 1 is 1.12 bits per heavy atom. The molecule has 2 rings (SSSR count). The molecule has 25 heavy (non-hydrogen) atoms. The third-order valence-electron chi connectivity index (χ3n) is 3.91. The molecule has 2 amide bonds. The number of nitrogens with zero attached hydrogens (tertiary/aromatic N) is 1. The zero-order chi connectivity index (χ0) is 18.6. The summed E-state index contributed by atoms with van der Waals surface area (Å²) in [5.74, 6) is -2.98. The predicted octanol–water partition coefficient (Wildman–Crippen LogP) is 1.20. The van der Waals surface area contributed by atoms with Gasteiger partial charge in [-0.15, -0.1) is 0 Å². The van der Waals surface area contributed by atoms with Gasteiger partial charge < -0.3 is 24.8 Å². The van der Waals surface area contributed by atoms with Gasteiger partial charge in [-0.05, 0) is 24.6 Å². The molecule has 1 aliphatic rings. The summed E-state index contributed by atoms with van der Waals surface area (Å²) in [6.45, 7) is 0.443. The minimum absolute atomic E-state index is 0.0134. The molecule has 0 aromatic heterocycles. The highest BCUT2D eigenvalue weighted by atomic mass is 16.5. The quantitative estimate of drug-likeness (QED) is 0.782. The third-order valence-corrected chi connectivity index (χ3v) is 3.91. The second kappa shape index (κ2) is 7.65. The summed E-state index contributed by atoms with van der Waals surface area (Å²) in [6.07, 6.45) is 0.386. The van der Waals surface area contributed by atoms with Crippen molar-refractivity contribution in [1.29, 1.82) is 0 Å². The van der Waals surface area contributed by atoms with Crippen molar-refractivity contribution in [2.45, 2.75) is 6.42 Å². The summed E-state index contributed by atoms with van der Waals surface area (Å²) in [6, 6.07) is 3.62. The Morgan fingerprint density at radius 3 is 2.32 bits per heavy atom. The fourth-order valence-corrected chi connectivity index (χ4v) is 2.54. The van der Waals surface area contributed by atoms with Crippen molar-refractivity contribution in [1.82, 2.24) is 4.90 Å². The van der Waals surface area contributed by atoms with Crippen LogP contribution in [0.4, 0.5) is 10.5 Å². The van der Waals surface area contributed by atoms with E-state index in [0.717, 1.165) is 0 Å². The van der Waals surface area contributed by atoms with Crippen LogP contribution in [0.3, 0.4) is 0 Å². The van der Waals surface area contributed by atoms with E-state index in [0.29, 0.717) is 13.0 Å². The zero-order valence-electron chi connectivity index (χ0n) is 13.8. The molecule has 1 aromatic rings. The summed E-state index contributed by atoms with van der Waals surface area (Å²) >= 11 is 0. The van der Waals surface area contributed by atoms with Crippen LogP contribution in [-0.2, 0) is 14.3 Å². The molecule has 9 heteroatoms. The van der Waals surface area contributed by atoms with E-state index < -0.39 is 29.9 Å². The number of anilines is 1. The number of amides is 2. The Labute approximate surface area is 143 Å². The van der Waals surface area contributed by atoms with Crippen LogP contribution < -0.4 is 5.32 Å². The largest absolute Gasteiger partial charge is 0.481 e. The van der Waals surface area contributed by atoms with Crippen LogP contribution in [0.1, 0.15) is 27.1 Å². The summed E-state index contributed by atoms with van der Waals surface area (Å²) in [7, 11) is 2.36. The van der Waals surface area contributed by atoms with Crippen molar-refractivity contribution >= 4 is 29.6 Å². The average molecular weight is 350 g/mol. The molecule has 1 fully saturated rings. The number of esters is 2. The van der Waals surface area contributed by atoms with Crippen molar-refractivity contribution in [2.75, 3.05) is 32.6 Å². The maximum Gasteiger partial charge on any atom is 0.338 e. The van der Waals surface area contributed by atoms with Crippen LogP contribution in [-0.4, -0.2) is 61.3 Å². The molecular formula is C16H18N2O7. The molecule has 0 spiro atoms. The van der Waals surface area contributed by atoms with Gasteiger partial charge in [-0.25, -0.2) is 14.4 Å². The fourth-order valence-electron chi connectivity index (χ4n) is 2.54. The Morgan fingerprint density at radius 2 is 1.76 bits per heavy atom. The molecular weight excluding hydrogens is 332 g/mol. The third kappa shape index (κ3) is 4.06. The number of carbonyl (C=O) groups excluding carboxylic acids is 3. The number of carbonyl (C=O) groups is 4. The molecule has 134 valence electrons. The summed E-state index contributed by atoms with van der Waals surface area (Å²) in [5.41, 5.74) is 0.244. The standard InChI is InChI=1S/C16H18N2O7/c1-24-14(21)11-4-3-10(7-12(11)15(22)25-2)17-16(23)18-6-5-9(8-18)13(19)20/h3-4,7,9H,5-6,8H2,1-2H3,(H,17,23)(H,19,20). The number of carboxylic acids is 1. The van der Waals surface area contributed by atoms with Gasteiger partial charge in [0.1, 0.15) is 0 Å². The van der Waals surface area contributed by atoms with Crippen molar-refractivity contribution in [3.63, 3.8) is 0 Å². The molecule has 1 saturated heterocycles. The van der Waals surface area contributed by atoms with Crippen LogP contribution in [0.5, 0.6) is 0 Å². The number of methoxy groups -OCH3 is 2. The maximum atomic E-state index is 12.2. The number of ether oxygens (including phenoxy) is 2. The lowest BCUT2D eigenvalue weighted by atomic mass is 10.1. The summed E-state index contributed by atoms with van der Waals surface area (Å²) in [4.78, 5) is 48.1. The lowest BCUT2D eigenvalue weighted by molar-refractivity contribution is -0.141. The van der Waals surface area contributed by atoms with E-state index in [1.807, 2.05) is 0 Å². The van der Waals surface area contributed by atoms with Crippen LogP contribution in [0.25, 0.3) is 0 Å². The minimum atomic E-state index is -0.939. The molecule has 1 unspecified atom stereocenters. The van der Waals surface area contributed by atoms with Gasteiger partial charge in [-0.1, -0.05) is 0 Å². The second-order valence-corrected chi connectivity index (χ2v) is 5.44. The first-order valence-corrected chi connectivity index (χ1v) is 7.46. The molecule has 1 heterocycles. The number of urea groups is 1. The van der Waals surface area contributed by atoms with E-state index in [1.165, 1.54) is 37.3 Å². The summed E-state index contributed by atoms with van der Waals surface area (Å²) in [5, 5.41) is 11.6. The van der Waals surface area contributed by atoms with Crippen LogP contribution in [0.2, 0.25) is 0 Å². The fraction of sp³-hybridized carbons (Fsp3) is 0.375. The molecule has 0 bridgehead atoms. The maximum absolute atomic E-state index is 12.2. The van der Waals surface area contributed by atoms with Gasteiger partial charge >= 0.3 is 23.9 Å². The smallest absolute Gasteiger partial charge is 0.338 e. The number of hydrogen-bond acceptors (Lipinski definition) is 6.